The molecule has 15 nitrogen and oxygen atoms in total. The number of likely N-dealkylation sites (tertiary alicyclic amines) is 1. The second-order valence-electron chi connectivity index (χ2n) is 18.8. The van der Waals surface area contributed by atoms with Gasteiger partial charge in [-0.2, -0.15) is 5.10 Å². The van der Waals surface area contributed by atoms with Crippen molar-refractivity contribution < 1.29 is 23.6 Å². The number of halogens is 1. The lowest BCUT2D eigenvalue weighted by Crippen LogP contribution is -2.55. The van der Waals surface area contributed by atoms with Gasteiger partial charge in [-0.05, 0) is 71.7 Å². The van der Waals surface area contributed by atoms with Gasteiger partial charge in [0.05, 0.1) is 35.4 Å². The van der Waals surface area contributed by atoms with E-state index in [9.17, 15) is 24.0 Å². The molecule has 3 fully saturated rings. The standard InChI is InChI=1S/C55H61FN10O5/c1-2-38-11-8-12-42(29-38)43-32-49(59-50(67)35-57-33-39-9-4-3-5-10-39)52(58-34-43)55(71)65-19-17-40(18-20-65)36-62-21-23-63(24-22-62)37-51(68)64-25-27-66(28-26-64)54(70)46-30-41(15-16-47(46)56)31-48-44-13-6-7-14-45(44)53(69)61-60-48/h3-16,29-30,32,34,40,57H,2,17-28,31,33,35-37H2,1H3,(H,59,67)(H,61,69). The first kappa shape index (κ1) is 48.9. The zero-order valence-electron chi connectivity index (χ0n) is 40.2. The summed E-state index contributed by atoms with van der Waals surface area (Å²) in [4.78, 5) is 81.3. The van der Waals surface area contributed by atoms with Crippen LogP contribution >= 0.6 is 0 Å². The van der Waals surface area contributed by atoms with Crippen molar-refractivity contribution >= 4 is 40.1 Å². The molecule has 0 atom stereocenters. The van der Waals surface area contributed by atoms with Gasteiger partial charge >= 0.3 is 0 Å². The highest BCUT2D eigenvalue weighted by Gasteiger charge is 2.31. The summed E-state index contributed by atoms with van der Waals surface area (Å²) in [6.07, 6.45) is 4.63. The third-order valence-electron chi connectivity index (χ3n) is 14.1. The number of rotatable bonds is 15. The van der Waals surface area contributed by atoms with Crippen molar-refractivity contribution in [2.75, 3.05) is 90.4 Å². The van der Waals surface area contributed by atoms with Crippen molar-refractivity contribution in [1.29, 1.82) is 0 Å². The van der Waals surface area contributed by atoms with Crippen LogP contribution < -0.4 is 16.2 Å². The van der Waals surface area contributed by atoms with Crippen molar-refractivity contribution in [3.63, 3.8) is 0 Å². The fourth-order valence-electron chi connectivity index (χ4n) is 9.90. The smallest absolute Gasteiger partial charge is 0.274 e. The topological polar surface area (TPSA) is 167 Å². The Morgan fingerprint density at radius 2 is 1.38 bits per heavy atom. The molecule has 0 bridgehead atoms. The normalized spacial score (nSPS) is 16.1. The maximum absolute atomic E-state index is 15.1. The van der Waals surface area contributed by atoms with Gasteiger partial charge in [-0.25, -0.2) is 14.5 Å². The monoisotopic (exact) mass is 960 g/mol. The van der Waals surface area contributed by atoms with E-state index >= 15 is 4.39 Å². The summed E-state index contributed by atoms with van der Waals surface area (Å²) < 4.78 is 15.1. The molecular formula is C55H61FN10O5. The SMILES string of the molecule is CCc1cccc(-c2cnc(C(=O)N3CCC(CN4CCN(CC(=O)N5CCN(C(=O)c6cc(Cc7n[nH]c(=O)c8ccccc78)ccc6F)CC5)CC4)CC3)c(NC(=O)CNCc3ccccc3)c2)c1. The Labute approximate surface area is 413 Å². The van der Waals surface area contributed by atoms with E-state index in [-0.39, 0.29) is 41.1 Å². The highest BCUT2D eigenvalue weighted by molar-refractivity contribution is 6.03. The Kier molecular flexibility index (Phi) is 15.6. The van der Waals surface area contributed by atoms with Crippen LogP contribution in [0.3, 0.4) is 0 Å². The molecule has 4 amide bonds. The van der Waals surface area contributed by atoms with Gasteiger partial charge in [-0.15, -0.1) is 0 Å². The summed E-state index contributed by atoms with van der Waals surface area (Å²) in [7, 11) is 0. The number of carbonyl (C=O) groups is 4. The lowest BCUT2D eigenvalue weighted by molar-refractivity contribution is -0.134. The van der Waals surface area contributed by atoms with Gasteiger partial charge in [0.25, 0.3) is 17.4 Å². The number of nitrogens with zero attached hydrogens (tertiary/aromatic N) is 7. The van der Waals surface area contributed by atoms with E-state index in [0.29, 0.717) is 92.4 Å². The molecule has 6 aromatic rings. The maximum atomic E-state index is 15.1. The largest absolute Gasteiger partial charge is 0.338 e. The molecule has 71 heavy (non-hydrogen) atoms. The predicted octanol–water partition coefficient (Wildman–Crippen LogP) is 5.46. The second kappa shape index (κ2) is 22.7. The van der Waals surface area contributed by atoms with Gasteiger partial charge in [-0.3, -0.25) is 28.9 Å². The lowest BCUT2D eigenvalue weighted by atomic mass is 9.95. The van der Waals surface area contributed by atoms with Crippen molar-refractivity contribution in [2.24, 2.45) is 5.92 Å². The van der Waals surface area contributed by atoms with Crippen LogP contribution in [0.25, 0.3) is 21.9 Å². The van der Waals surface area contributed by atoms with Crippen LogP contribution in [0.15, 0.2) is 114 Å². The zero-order chi connectivity index (χ0) is 49.3. The van der Waals surface area contributed by atoms with Crippen LogP contribution in [0.5, 0.6) is 0 Å². The van der Waals surface area contributed by atoms with Crippen LogP contribution in [0.2, 0.25) is 0 Å². The summed E-state index contributed by atoms with van der Waals surface area (Å²) in [6.45, 7) is 9.72. The van der Waals surface area contributed by atoms with Crippen LogP contribution in [0.1, 0.15) is 63.0 Å². The molecule has 4 aromatic carbocycles. The molecule has 368 valence electrons. The van der Waals surface area contributed by atoms with Gasteiger partial charge in [-0.1, -0.05) is 85.8 Å². The number of H-pyrrole nitrogens is 1. The summed E-state index contributed by atoms with van der Waals surface area (Å²) in [5.41, 5.74) is 5.70. The van der Waals surface area contributed by atoms with Gasteiger partial charge in [0, 0.05) is 102 Å². The number of piperazine rings is 2. The minimum Gasteiger partial charge on any atom is -0.338 e. The van der Waals surface area contributed by atoms with Crippen LogP contribution in [-0.4, -0.2) is 148 Å². The molecule has 0 radical (unpaired) electrons. The van der Waals surface area contributed by atoms with Crippen molar-refractivity contribution in [3.05, 3.63) is 159 Å². The molecule has 5 heterocycles. The number of anilines is 1. The molecule has 3 saturated heterocycles. The fraction of sp³-hybridized carbons (Fsp3) is 0.364. The molecule has 0 aliphatic carbocycles. The molecule has 3 aliphatic rings. The number of pyridine rings is 1. The minimum atomic E-state index is -0.610. The summed E-state index contributed by atoms with van der Waals surface area (Å²) in [5.74, 6) is -1.03. The predicted molar refractivity (Wildman–Crippen MR) is 271 cm³/mol. The number of hydrogen-bond donors (Lipinski definition) is 3. The number of fused-ring (bicyclic) bond motifs is 1. The molecule has 16 heteroatoms. The van der Waals surface area contributed by atoms with E-state index in [4.69, 9.17) is 0 Å². The van der Waals surface area contributed by atoms with Gasteiger partial charge in [0.2, 0.25) is 11.8 Å². The number of aryl methyl sites for hydroxylation is 1. The van der Waals surface area contributed by atoms with E-state index in [1.165, 1.54) is 11.6 Å². The highest BCUT2D eigenvalue weighted by Crippen LogP contribution is 2.28. The Morgan fingerprint density at radius 3 is 2.14 bits per heavy atom. The van der Waals surface area contributed by atoms with E-state index in [1.807, 2.05) is 65.6 Å². The maximum Gasteiger partial charge on any atom is 0.274 e. The average Bonchev–Trinajstić information content (AvgIpc) is 3.40. The number of aromatic nitrogens is 3. The molecule has 0 spiro atoms. The number of nitrogens with one attached hydrogen (secondary N) is 3. The molecule has 9 rings (SSSR count). The van der Waals surface area contributed by atoms with Crippen LogP contribution in [0, 0.1) is 11.7 Å². The Bertz CT molecular complexity index is 2930. The molecular weight excluding hydrogens is 900 g/mol. The lowest BCUT2D eigenvalue weighted by Gasteiger charge is -2.40. The Balaban J connectivity index is 0.721. The summed E-state index contributed by atoms with van der Waals surface area (Å²) in [6, 6.07) is 31.6. The molecule has 3 N–H and O–H groups in total. The number of piperidine rings is 1. The molecule has 2 aromatic heterocycles. The Morgan fingerprint density at radius 1 is 0.690 bits per heavy atom. The van der Waals surface area contributed by atoms with E-state index in [2.05, 4.69) is 54.7 Å². The van der Waals surface area contributed by atoms with Crippen LogP contribution in [0.4, 0.5) is 10.1 Å². The Hall–Kier alpha value is -7.14. The molecule has 0 unspecified atom stereocenters. The number of hydrogen-bond acceptors (Lipinski definition) is 10. The minimum absolute atomic E-state index is 0.0219. The number of benzene rings is 4. The van der Waals surface area contributed by atoms with Crippen molar-refractivity contribution in [3.8, 4) is 11.1 Å². The highest BCUT2D eigenvalue weighted by atomic mass is 19.1. The number of aromatic amines is 1. The van der Waals surface area contributed by atoms with Crippen molar-refractivity contribution in [1.82, 2.24) is 45.0 Å². The first-order valence-corrected chi connectivity index (χ1v) is 24.8. The quantitative estimate of drug-likeness (QED) is 0.120. The van der Waals surface area contributed by atoms with E-state index < -0.39 is 11.7 Å². The first-order valence-electron chi connectivity index (χ1n) is 24.8. The zero-order valence-corrected chi connectivity index (χ0v) is 40.2. The van der Waals surface area contributed by atoms with Crippen LogP contribution in [-0.2, 0) is 29.0 Å². The second-order valence-corrected chi connectivity index (χ2v) is 18.8. The number of carbonyl (C=O) groups excluding carboxylic acids is 4. The molecule has 3 aliphatic heterocycles. The van der Waals surface area contributed by atoms with Gasteiger partial charge in [0.1, 0.15) is 5.82 Å². The average molecular weight is 961 g/mol. The van der Waals surface area contributed by atoms with Crippen molar-refractivity contribution in [2.45, 2.75) is 39.2 Å². The first-order chi connectivity index (χ1) is 34.6. The summed E-state index contributed by atoms with van der Waals surface area (Å²) in [5, 5.41) is 14.2. The van der Waals surface area contributed by atoms with Gasteiger partial charge < -0.3 is 30.2 Å². The number of amides is 4. The van der Waals surface area contributed by atoms with E-state index in [0.717, 1.165) is 68.7 Å². The fourth-order valence-corrected chi connectivity index (χ4v) is 9.90. The third kappa shape index (κ3) is 12.1. The summed E-state index contributed by atoms with van der Waals surface area (Å²) >= 11 is 0. The molecule has 0 saturated carbocycles. The third-order valence-corrected chi connectivity index (χ3v) is 14.1. The van der Waals surface area contributed by atoms with E-state index in [1.54, 1.807) is 40.3 Å². The van der Waals surface area contributed by atoms with Gasteiger partial charge in [0.15, 0.2) is 5.69 Å².